The van der Waals surface area contributed by atoms with Crippen LogP contribution in [0, 0.1) is 0 Å². The Balaban J connectivity index is 5.41. The van der Waals surface area contributed by atoms with E-state index in [-0.39, 0.29) is 25.7 Å². The number of aliphatic hydroxyl groups excluding tert-OH is 1. The predicted octanol–water partition coefficient (Wildman–Crippen LogP) is 23.7. The van der Waals surface area contributed by atoms with Gasteiger partial charge in [0, 0.05) is 25.7 Å². The van der Waals surface area contributed by atoms with Crippen LogP contribution < -0.4 is 0 Å². The van der Waals surface area contributed by atoms with Crippen LogP contribution in [0.1, 0.15) is 323 Å². The summed E-state index contributed by atoms with van der Waals surface area (Å²) in [4.78, 5) is 73.0. The molecule has 0 rings (SSSR count). The third kappa shape index (κ3) is 75.4. The smallest absolute Gasteiger partial charge is 0.462 e. The number of phosphoric ester groups is 2. The number of ether oxygens (including phenoxy) is 4. The van der Waals surface area contributed by atoms with Gasteiger partial charge in [-0.05, 0) is 161 Å². The highest BCUT2D eigenvalue weighted by molar-refractivity contribution is 7.47. The van der Waals surface area contributed by atoms with E-state index in [2.05, 4.69) is 161 Å². The Morgan fingerprint density at radius 2 is 0.500 bits per heavy atom. The van der Waals surface area contributed by atoms with Gasteiger partial charge in [-0.2, -0.15) is 0 Å². The van der Waals surface area contributed by atoms with Gasteiger partial charge < -0.3 is 33.8 Å². The van der Waals surface area contributed by atoms with E-state index in [4.69, 9.17) is 37.0 Å². The summed E-state index contributed by atoms with van der Waals surface area (Å²) in [6.07, 6.45) is 85.7. The quantitative estimate of drug-likeness (QED) is 0.0169. The second-order valence-electron chi connectivity index (χ2n) is 26.6. The van der Waals surface area contributed by atoms with E-state index >= 15 is 0 Å². The van der Waals surface area contributed by atoms with Crippen molar-refractivity contribution in [2.24, 2.45) is 0 Å². The number of phosphoric acid groups is 2. The Kier molecular flexibility index (Phi) is 72.9. The first-order chi connectivity index (χ1) is 50.7. The van der Waals surface area contributed by atoms with Gasteiger partial charge in [-0.1, -0.05) is 271 Å². The van der Waals surface area contributed by atoms with Crippen LogP contribution >= 0.6 is 15.6 Å². The minimum atomic E-state index is -4.99. The molecule has 0 aromatic carbocycles. The van der Waals surface area contributed by atoms with Crippen molar-refractivity contribution in [2.75, 3.05) is 39.6 Å². The summed E-state index contributed by atoms with van der Waals surface area (Å²) in [7, 11) is -9.98. The summed E-state index contributed by atoms with van der Waals surface area (Å²) < 4.78 is 68.6. The van der Waals surface area contributed by atoms with Gasteiger partial charge in [-0.25, -0.2) is 9.13 Å². The molecule has 0 aliphatic carbocycles. The van der Waals surface area contributed by atoms with Gasteiger partial charge >= 0.3 is 39.5 Å². The minimum absolute atomic E-state index is 0.0672. The van der Waals surface area contributed by atoms with E-state index in [1.54, 1.807) is 0 Å². The lowest BCUT2D eigenvalue weighted by molar-refractivity contribution is -0.161. The fraction of sp³-hybridized carbons (Fsp3) is 0.694. The second-order valence-corrected chi connectivity index (χ2v) is 29.5. The van der Waals surface area contributed by atoms with Crippen LogP contribution in [0.3, 0.4) is 0 Å². The van der Waals surface area contributed by atoms with E-state index in [1.165, 1.54) is 51.4 Å². The number of carbonyl (C=O) groups excluding carboxylic acids is 4. The lowest BCUT2D eigenvalue weighted by Crippen LogP contribution is -2.30. The van der Waals surface area contributed by atoms with Gasteiger partial charge in [0.05, 0.1) is 26.4 Å². The van der Waals surface area contributed by atoms with Crippen molar-refractivity contribution in [1.29, 1.82) is 0 Å². The molecule has 0 heterocycles. The van der Waals surface area contributed by atoms with E-state index in [1.807, 2.05) is 0 Å². The first-order valence-electron chi connectivity index (χ1n) is 40.4. The number of hydrogen-bond acceptors (Lipinski definition) is 15. The summed E-state index contributed by atoms with van der Waals surface area (Å²) in [5.41, 5.74) is 0. The first kappa shape index (κ1) is 99.2. The van der Waals surface area contributed by atoms with Crippen molar-refractivity contribution in [1.82, 2.24) is 0 Å². The fourth-order valence-corrected chi connectivity index (χ4v) is 12.0. The van der Waals surface area contributed by atoms with Crippen molar-refractivity contribution >= 4 is 39.5 Å². The summed E-state index contributed by atoms with van der Waals surface area (Å²) in [6, 6.07) is 0. The molecule has 3 N–H and O–H groups in total. The molecule has 0 bridgehead atoms. The SMILES string of the molecule is CC/C=C\C/C=C\C/C=C\C/C=C\C/C=C\CCCCCC(=O)OCC(COP(=O)(O)OCC(O)COP(=O)(O)OCC(COC(=O)CCCCCCC/C=C\CCCCCC)OC(=O)CCCCCCC/C=C\CCCCCC)OC(=O)CCCCCCCC/C=C\C/C=C\C/C=C\C/C=C\CC. The topological polar surface area (TPSA) is 237 Å². The standard InChI is InChI=1S/C85H144O17P2/c1-5-9-13-17-21-25-29-33-35-37-39-41-43-47-50-54-58-62-66-70-83(88)96-76-81(102-85(90)72-68-64-60-56-52-48-44-42-40-38-36-34-30-26-22-18-14-10-6-2)78-100-104(93,94)98-74-79(86)73-97-103(91,92)99-77-80(101-84(89)71-67-63-59-55-51-46-32-28-24-20-16-12-8-4)75-95-82(87)69-65-61-57-53-49-45-31-27-23-19-15-11-7-3/h9-10,13-14,21-22,25-28,31-36,39-42,47,50,79-81,86H,5-8,11-12,15-20,23-24,29-30,37-38,43-46,48-49,51-78H2,1-4H3,(H,91,92)(H,93,94)/b13-9-,14-10-,25-21-,26-22-,31-27-,32-28-,35-33-,36-34-,41-39-,42-40-,50-47-. The molecule has 0 saturated carbocycles. The van der Waals surface area contributed by atoms with Crippen LogP contribution in [0.15, 0.2) is 134 Å². The van der Waals surface area contributed by atoms with Crippen molar-refractivity contribution in [2.45, 2.75) is 341 Å². The molecular formula is C85H144O17P2. The number of carbonyl (C=O) groups is 4. The van der Waals surface area contributed by atoms with E-state index in [9.17, 15) is 43.2 Å². The van der Waals surface area contributed by atoms with Crippen molar-refractivity contribution < 1.29 is 80.2 Å². The average molecular weight is 1500 g/mol. The van der Waals surface area contributed by atoms with Gasteiger partial charge in [-0.3, -0.25) is 37.3 Å². The van der Waals surface area contributed by atoms with Crippen LogP contribution in [0.2, 0.25) is 0 Å². The van der Waals surface area contributed by atoms with E-state index in [0.29, 0.717) is 25.7 Å². The van der Waals surface area contributed by atoms with Gasteiger partial charge in [0.1, 0.15) is 19.3 Å². The third-order valence-corrected chi connectivity index (χ3v) is 18.5. The summed E-state index contributed by atoms with van der Waals surface area (Å²) in [5, 5.41) is 10.6. The zero-order valence-corrected chi connectivity index (χ0v) is 66.9. The maximum Gasteiger partial charge on any atom is 0.472 e. The molecule has 104 heavy (non-hydrogen) atoms. The predicted molar refractivity (Wildman–Crippen MR) is 427 cm³/mol. The molecule has 0 aliphatic heterocycles. The number of aliphatic hydroxyl groups is 1. The van der Waals surface area contributed by atoms with Gasteiger partial charge in [0.2, 0.25) is 0 Å². The molecule has 17 nitrogen and oxygen atoms in total. The maximum absolute atomic E-state index is 13.1. The molecule has 0 aliphatic rings. The van der Waals surface area contributed by atoms with Crippen LogP contribution in [0.25, 0.3) is 0 Å². The average Bonchev–Trinajstić information content (AvgIpc) is 0.906. The third-order valence-electron chi connectivity index (χ3n) is 16.6. The van der Waals surface area contributed by atoms with Crippen molar-refractivity contribution in [3.63, 3.8) is 0 Å². The molecule has 0 fully saturated rings. The zero-order valence-electron chi connectivity index (χ0n) is 65.2. The van der Waals surface area contributed by atoms with E-state index in [0.717, 1.165) is 193 Å². The highest BCUT2D eigenvalue weighted by atomic mass is 31.2. The molecule has 5 unspecified atom stereocenters. The number of unbranched alkanes of at least 4 members (excludes halogenated alkanes) is 27. The fourth-order valence-electron chi connectivity index (χ4n) is 10.5. The molecule has 0 amide bonds. The van der Waals surface area contributed by atoms with Gasteiger partial charge in [-0.15, -0.1) is 0 Å². The number of esters is 4. The Bertz CT molecular complexity index is 2490. The highest BCUT2D eigenvalue weighted by Gasteiger charge is 2.30. The Labute approximate surface area is 631 Å². The Morgan fingerprint density at radius 1 is 0.279 bits per heavy atom. The van der Waals surface area contributed by atoms with Crippen LogP contribution in [0.4, 0.5) is 0 Å². The maximum atomic E-state index is 13.1. The van der Waals surface area contributed by atoms with Gasteiger partial charge in [0.15, 0.2) is 12.2 Å². The van der Waals surface area contributed by atoms with Crippen molar-refractivity contribution in [3.05, 3.63) is 134 Å². The van der Waals surface area contributed by atoms with Crippen molar-refractivity contribution in [3.8, 4) is 0 Å². The molecule has 5 atom stereocenters. The second kappa shape index (κ2) is 76.4. The molecule has 0 aromatic rings. The normalized spacial score (nSPS) is 14.6. The van der Waals surface area contributed by atoms with Crippen LogP contribution in [-0.4, -0.2) is 96.7 Å². The molecule has 596 valence electrons. The highest BCUT2D eigenvalue weighted by Crippen LogP contribution is 2.45. The number of rotatable bonds is 75. The minimum Gasteiger partial charge on any atom is -0.462 e. The summed E-state index contributed by atoms with van der Waals surface area (Å²) >= 11 is 0. The van der Waals surface area contributed by atoms with Crippen LogP contribution in [0.5, 0.6) is 0 Å². The largest absolute Gasteiger partial charge is 0.472 e. The molecule has 0 spiro atoms. The Morgan fingerprint density at radius 3 is 0.788 bits per heavy atom. The van der Waals surface area contributed by atoms with Crippen LogP contribution in [-0.2, 0) is 65.4 Å². The monoisotopic (exact) mass is 1500 g/mol. The molecular weight excluding hydrogens is 1350 g/mol. The first-order valence-corrected chi connectivity index (χ1v) is 43.4. The zero-order chi connectivity index (χ0) is 76.0. The molecule has 0 aromatic heterocycles. The lowest BCUT2D eigenvalue weighted by atomic mass is 10.1. The summed E-state index contributed by atoms with van der Waals surface area (Å²) in [5.74, 6) is -2.24. The van der Waals surface area contributed by atoms with E-state index < -0.39 is 97.5 Å². The lowest BCUT2D eigenvalue weighted by Gasteiger charge is -2.21. The number of hydrogen-bond donors (Lipinski definition) is 3. The molecule has 19 heteroatoms. The van der Waals surface area contributed by atoms with Gasteiger partial charge in [0.25, 0.3) is 0 Å². The molecule has 0 saturated heterocycles. The summed E-state index contributed by atoms with van der Waals surface area (Å²) in [6.45, 7) is 4.56. The number of allylic oxidation sites excluding steroid dienone is 22. The molecule has 0 radical (unpaired) electrons. The Hall–Kier alpha value is -4.80.